The first-order valence-corrected chi connectivity index (χ1v) is 8.33. The Kier molecular flexibility index (Phi) is 3.34. The maximum absolute atomic E-state index is 12.0. The summed E-state index contributed by atoms with van der Waals surface area (Å²) in [5.74, 6) is 1.44. The Morgan fingerprint density at radius 3 is 2.87 bits per heavy atom. The molecule has 3 heterocycles. The molecule has 4 rings (SSSR count). The van der Waals surface area contributed by atoms with Crippen LogP contribution in [0.25, 0.3) is 0 Å². The molecule has 0 saturated carbocycles. The van der Waals surface area contributed by atoms with Gasteiger partial charge < -0.3 is 9.47 Å². The van der Waals surface area contributed by atoms with Crippen LogP contribution in [0.2, 0.25) is 0 Å². The number of carbonyl (C=O) groups excluding carboxylic acids is 1. The van der Waals surface area contributed by atoms with Gasteiger partial charge >= 0.3 is 0 Å². The summed E-state index contributed by atoms with van der Waals surface area (Å²) in [5, 5.41) is 8.23. The van der Waals surface area contributed by atoms with Crippen LogP contribution in [-0.2, 0) is 4.79 Å². The number of ether oxygens (including phenoxy) is 2. The number of fused-ring (bicyclic) bond motifs is 1. The smallest absolute Gasteiger partial charge is 0.240 e. The second kappa shape index (κ2) is 5.38. The van der Waals surface area contributed by atoms with E-state index in [1.165, 1.54) is 10.4 Å². The lowest BCUT2D eigenvalue weighted by Crippen LogP contribution is -2.24. The van der Waals surface area contributed by atoms with Crippen LogP contribution in [0.1, 0.15) is 35.4 Å². The van der Waals surface area contributed by atoms with E-state index in [0.29, 0.717) is 6.42 Å². The van der Waals surface area contributed by atoms with Gasteiger partial charge in [-0.2, -0.15) is 5.10 Å². The number of benzene rings is 1. The van der Waals surface area contributed by atoms with Crippen molar-refractivity contribution in [2.75, 3.05) is 6.79 Å². The molecule has 1 aromatic carbocycles. The molecule has 0 bridgehead atoms. The Bertz CT molecular complexity index is 812. The molecule has 0 saturated heterocycles. The lowest BCUT2D eigenvalue weighted by molar-refractivity contribution is -0.130. The molecule has 2 aliphatic rings. The molecule has 23 heavy (non-hydrogen) atoms. The van der Waals surface area contributed by atoms with Gasteiger partial charge in [0.25, 0.3) is 0 Å². The first kappa shape index (κ1) is 14.3. The van der Waals surface area contributed by atoms with Crippen molar-refractivity contribution in [3.8, 4) is 11.5 Å². The molecule has 1 unspecified atom stereocenters. The van der Waals surface area contributed by atoms with Crippen molar-refractivity contribution in [1.82, 2.24) is 5.01 Å². The van der Waals surface area contributed by atoms with E-state index in [2.05, 4.69) is 23.5 Å². The number of amides is 1. The number of aryl methyl sites for hydroxylation is 1. The van der Waals surface area contributed by atoms with Gasteiger partial charge in [-0.25, -0.2) is 5.01 Å². The molecule has 6 heteroatoms. The van der Waals surface area contributed by atoms with Gasteiger partial charge in [-0.05, 0) is 42.1 Å². The predicted molar refractivity (Wildman–Crippen MR) is 88.0 cm³/mol. The average molecular weight is 328 g/mol. The summed E-state index contributed by atoms with van der Waals surface area (Å²) in [6.45, 7) is 3.88. The number of carbonyl (C=O) groups is 1. The Morgan fingerprint density at radius 1 is 1.30 bits per heavy atom. The van der Waals surface area contributed by atoms with Crippen LogP contribution in [-0.4, -0.2) is 23.4 Å². The monoisotopic (exact) mass is 328 g/mol. The van der Waals surface area contributed by atoms with Crippen molar-refractivity contribution < 1.29 is 14.3 Å². The van der Waals surface area contributed by atoms with Crippen molar-refractivity contribution in [2.24, 2.45) is 5.10 Å². The zero-order valence-corrected chi connectivity index (χ0v) is 13.7. The van der Waals surface area contributed by atoms with Crippen molar-refractivity contribution in [1.29, 1.82) is 0 Å². The SMILES string of the molecule is CC(=O)N1N=C(c2ccc3c(c2)OCO3)CC1c1sccc1C. The van der Waals surface area contributed by atoms with Gasteiger partial charge in [0.1, 0.15) is 0 Å². The van der Waals surface area contributed by atoms with E-state index in [9.17, 15) is 4.79 Å². The van der Waals surface area contributed by atoms with Gasteiger partial charge in [-0.1, -0.05) is 0 Å². The van der Waals surface area contributed by atoms with Gasteiger partial charge in [0.2, 0.25) is 12.7 Å². The Hall–Kier alpha value is -2.34. The van der Waals surface area contributed by atoms with Crippen molar-refractivity contribution in [3.63, 3.8) is 0 Å². The molecule has 118 valence electrons. The van der Waals surface area contributed by atoms with Gasteiger partial charge in [0, 0.05) is 23.8 Å². The molecule has 2 aromatic rings. The summed E-state index contributed by atoms with van der Waals surface area (Å²) in [6, 6.07) is 7.85. The first-order chi connectivity index (χ1) is 11.1. The first-order valence-electron chi connectivity index (χ1n) is 7.45. The van der Waals surface area contributed by atoms with E-state index in [4.69, 9.17) is 9.47 Å². The fourth-order valence-corrected chi connectivity index (χ4v) is 3.99. The summed E-state index contributed by atoms with van der Waals surface area (Å²) in [7, 11) is 0. The molecule has 0 spiro atoms. The third-order valence-corrected chi connectivity index (χ3v) is 5.26. The number of rotatable bonds is 2. The highest BCUT2D eigenvalue weighted by Crippen LogP contribution is 2.39. The number of hydrazone groups is 1. The van der Waals surface area contributed by atoms with E-state index in [0.717, 1.165) is 22.8 Å². The zero-order valence-electron chi connectivity index (χ0n) is 12.9. The predicted octanol–water partition coefficient (Wildman–Crippen LogP) is 3.48. The molecule has 1 atom stereocenters. The summed E-state index contributed by atoms with van der Waals surface area (Å²) in [4.78, 5) is 13.2. The summed E-state index contributed by atoms with van der Waals surface area (Å²) >= 11 is 1.67. The second-order valence-corrected chi connectivity index (χ2v) is 6.61. The van der Waals surface area contributed by atoms with Crippen molar-refractivity contribution in [3.05, 3.63) is 45.6 Å². The third-order valence-electron chi connectivity index (χ3n) is 4.14. The van der Waals surface area contributed by atoms with Crippen LogP contribution in [0.15, 0.2) is 34.7 Å². The molecule has 2 aliphatic heterocycles. The third kappa shape index (κ3) is 2.39. The van der Waals surface area contributed by atoms with Gasteiger partial charge in [-0.3, -0.25) is 4.79 Å². The maximum Gasteiger partial charge on any atom is 0.240 e. The van der Waals surface area contributed by atoms with Crippen molar-refractivity contribution >= 4 is 23.0 Å². The van der Waals surface area contributed by atoms with Gasteiger partial charge in [0.15, 0.2) is 11.5 Å². The Morgan fingerprint density at radius 2 is 2.13 bits per heavy atom. The minimum absolute atomic E-state index is 0.0204. The number of hydrogen-bond acceptors (Lipinski definition) is 5. The number of thiophene rings is 1. The summed E-state index contributed by atoms with van der Waals surface area (Å²) in [6.07, 6.45) is 0.709. The topological polar surface area (TPSA) is 51.1 Å². The van der Waals surface area contributed by atoms with Crippen LogP contribution in [0.5, 0.6) is 11.5 Å². The fraction of sp³-hybridized carbons (Fsp3) is 0.294. The Balaban J connectivity index is 1.69. The highest BCUT2D eigenvalue weighted by Gasteiger charge is 2.33. The van der Waals surface area contributed by atoms with E-state index in [1.54, 1.807) is 23.3 Å². The standard InChI is InChI=1S/C17H16N2O3S/c1-10-5-6-23-17(10)14-8-13(18-19(14)11(2)20)12-3-4-15-16(7-12)22-9-21-15/h3-7,14H,8-9H2,1-2H3. The Labute approximate surface area is 138 Å². The number of nitrogens with zero attached hydrogens (tertiary/aromatic N) is 2. The molecular weight excluding hydrogens is 312 g/mol. The molecule has 5 nitrogen and oxygen atoms in total. The highest BCUT2D eigenvalue weighted by molar-refractivity contribution is 7.10. The minimum atomic E-state index is -0.0430. The lowest BCUT2D eigenvalue weighted by Gasteiger charge is -2.19. The largest absolute Gasteiger partial charge is 0.454 e. The molecule has 0 aliphatic carbocycles. The quantitative estimate of drug-likeness (QED) is 0.848. The molecule has 1 aromatic heterocycles. The molecule has 0 fully saturated rings. The van der Waals surface area contributed by atoms with Gasteiger partial charge in [0.05, 0.1) is 11.8 Å². The lowest BCUT2D eigenvalue weighted by atomic mass is 10.0. The van der Waals surface area contributed by atoms with Crippen LogP contribution >= 0.6 is 11.3 Å². The van der Waals surface area contributed by atoms with Crippen LogP contribution in [0.3, 0.4) is 0 Å². The molecule has 1 amide bonds. The van der Waals surface area contributed by atoms with E-state index in [-0.39, 0.29) is 18.7 Å². The van der Waals surface area contributed by atoms with Crippen molar-refractivity contribution in [2.45, 2.75) is 26.3 Å². The zero-order chi connectivity index (χ0) is 16.0. The minimum Gasteiger partial charge on any atom is -0.454 e. The molecule has 0 N–H and O–H groups in total. The summed E-state index contributed by atoms with van der Waals surface area (Å²) in [5.41, 5.74) is 3.07. The van der Waals surface area contributed by atoms with Crippen LogP contribution in [0.4, 0.5) is 0 Å². The number of hydrogen-bond donors (Lipinski definition) is 0. The highest BCUT2D eigenvalue weighted by atomic mass is 32.1. The van der Waals surface area contributed by atoms with Crippen LogP contribution < -0.4 is 9.47 Å². The average Bonchev–Trinajstić information content (AvgIpc) is 3.24. The second-order valence-electron chi connectivity index (χ2n) is 5.67. The fourth-order valence-electron chi connectivity index (χ4n) is 2.98. The van der Waals surface area contributed by atoms with Gasteiger partial charge in [-0.15, -0.1) is 11.3 Å². The summed E-state index contributed by atoms with van der Waals surface area (Å²) < 4.78 is 10.8. The normalized spacial score (nSPS) is 19.1. The van der Waals surface area contributed by atoms with E-state index >= 15 is 0 Å². The molecular formula is C17H16N2O3S. The van der Waals surface area contributed by atoms with E-state index in [1.807, 2.05) is 18.2 Å². The molecule has 0 radical (unpaired) electrons. The van der Waals surface area contributed by atoms with Crippen LogP contribution in [0, 0.1) is 6.92 Å². The van der Waals surface area contributed by atoms with E-state index < -0.39 is 0 Å². The maximum atomic E-state index is 12.0.